The van der Waals surface area contributed by atoms with Crippen molar-refractivity contribution in [1.29, 1.82) is 0 Å². The van der Waals surface area contributed by atoms with Crippen molar-refractivity contribution in [2.75, 3.05) is 14.2 Å². The summed E-state index contributed by atoms with van der Waals surface area (Å²) in [6.07, 6.45) is 3.94. The molecule has 0 unspecified atom stereocenters. The zero-order valence-electron chi connectivity index (χ0n) is 13.4. The van der Waals surface area contributed by atoms with Crippen LogP contribution in [0.25, 0.3) is 12.2 Å². The van der Waals surface area contributed by atoms with Crippen molar-refractivity contribution in [3.05, 3.63) is 52.0 Å². The van der Waals surface area contributed by atoms with Crippen LogP contribution in [0.15, 0.2) is 40.9 Å². The van der Waals surface area contributed by atoms with Crippen molar-refractivity contribution in [3.63, 3.8) is 0 Å². The highest BCUT2D eigenvalue weighted by atomic mass is 32.2. The average Bonchev–Trinajstić information content (AvgIpc) is 3.29. The van der Waals surface area contributed by atoms with Gasteiger partial charge >= 0.3 is 0 Å². The third kappa shape index (κ3) is 4.18. The summed E-state index contributed by atoms with van der Waals surface area (Å²) in [7, 11) is 3.32. The van der Waals surface area contributed by atoms with E-state index in [0.717, 1.165) is 22.9 Å². The maximum atomic E-state index is 5.39. The van der Waals surface area contributed by atoms with Crippen molar-refractivity contribution in [1.82, 2.24) is 15.2 Å². The van der Waals surface area contributed by atoms with E-state index in [4.69, 9.17) is 9.47 Å². The Morgan fingerprint density at radius 2 is 2.12 bits per heavy atom. The largest absolute Gasteiger partial charge is 0.497 e. The quantitative estimate of drug-likeness (QED) is 0.636. The van der Waals surface area contributed by atoms with Crippen LogP contribution in [-0.2, 0) is 5.75 Å². The van der Waals surface area contributed by atoms with Gasteiger partial charge in [0.05, 0.1) is 14.2 Å². The molecule has 0 amide bonds. The summed E-state index contributed by atoms with van der Waals surface area (Å²) in [6, 6.07) is 9.83. The molecule has 0 saturated heterocycles. The Labute approximate surface area is 148 Å². The summed E-state index contributed by atoms with van der Waals surface area (Å²) < 4.78 is 10.7. The number of ether oxygens (including phenoxy) is 2. The third-order valence-corrected chi connectivity index (χ3v) is 5.01. The summed E-state index contributed by atoms with van der Waals surface area (Å²) in [6.45, 7) is 0. The van der Waals surface area contributed by atoms with Gasteiger partial charge in [-0.1, -0.05) is 17.8 Å². The predicted octanol–water partition coefficient (Wildman–Crippen LogP) is 4.35. The number of nitrogens with zero attached hydrogens (tertiary/aromatic N) is 2. The fraction of sp³-hybridized carbons (Fsp3) is 0.176. The third-order valence-electron chi connectivity index (χ3n) is 3.28. The van der Waals surface area contributed by atoms with Gasteiger partial charge in [-0.3, -0.25) is 5.10 Å². The summed E-state index contributed by atoms with van der Waals surface area (Å²) >= 11 is 3.23. The Balaban J connectivity index is 1.65. The van der Waals surface area contributed by atoms with E-state index >= 15 is 0 Å². The molecule has 2 aromatic heterocycles. The van der Waals surface area contributed by atoms with Gasteiger partial charge in [-0.05, 0) is 41.8 Å². The van der Waals surface area contributed by atoms with E-state index in [2.05, 4.69) is 21.2 Å². The highest BCUT2D eigenvalue weighted by molar-refractivity contribution is 7.98. The Morgan fingerprint density at radius 1 is 1.21 bits per heavy atom. The monoisotopic (exact) mass is 359 g/mol. The van der Waals surface area contributed by atoms with Crippen molar-refractivity contribution >= 4 is 35.3 Å². The maximum absolute atomic E-state index is 5.39. The Bertz CT molecular complexity index is 813. The molecule has 124 valence electrons. The molecular formula is C17H17N3O2S2. The van der Waals surface area contributed by atoms with Gasteiger partial charge in [-0.15, -0.1) is 16.4 Å². The minimum Gasteiger partial charge on any atom is -0.497 e. The fourth-order valence-corrected chi connectivity index (χ4v) is 3.48. The number of H-pyrrole nitrogens is 1. The Kier molecular flexibility index (Phi) is 5.55. The molecule has 0 spiro atoms. The second kappa shape index (κ2) is 8.03. The minimum atomic E-state index is 0.700. The molecule has 3 rings (SSSR count). The smallest absolute Gasteiger partial charge is 0.209 e. The van der Waals surface area contributed by atoms with Crippen LogP contribution in [0.1, 0.15) is 16.3 Å². The number of hydrogen-bond acceptors (Lipinski definition) is 6. The molecule has 0 bridgehead atoms. The molecule has 0 saturated carbocycles. The van der Waals surface area contributed by atoms with Crippen molar-refractivity contribution in [3.8, 4) is 11.5 Å². The molecule has 0 radical (unpaired) electrons. The lowest BCUT2D eigenvalue weighted by molar-refractivity contribution is 0.400. The minimum absolute atomic E-state index is 0.700. The predicted molar refractivity (Wildman–Crippen MR) is 98.7 cm³/mol. The van der Waals surface area contributed by atoms with E-state index in [0.29, 0.717) is 10.9 Å². The molecule has 0 atom stereocenters. The number of aromatic nitrogens is 3. The van der Waals surface area contributed by atoms with E-state index in [-0.39, 0.29) is 0 Å². The van der Waals surface area contributed by atoms with Gasteiger partial charge < -0.3 is 9.47 Å². The van der Waals surface area contributed by atoms with Gasteiger partial charge in [-0.2, -0.15) is 0 Å². The van der Waals surface area contributed by atoms with Gasteiger partial charge in [-0.25, -0.2) is 4.98 Å². The lowest BCUT2D eigenvalue weighted by Crippen LogP contribution is -1.92. The second-order valence-electron chi connectivity index (χ2n) is 4.82. The standard InChI is InChI=1S/C17H17N3O2S2/c1-21-13-5-7-15(22-2)12(10-13)11-24-17-18-16(19-20-17)8-6-14-4-3-9-23-14/h3-10H,11H2,1-2H3,(H,18,19,20)/b8-6+. The van der Waals surface area contributed by atoms with Crippen LogP contribution in [0.3, 0.4) is 0 Å². The number of nitrogens with one attached hydrogen (secondary N) is 1. The van der Waals surface area contributed by atoms with E-state index in [1.807, 2.05) is 41.8 Å². The molecule has 0 aliphatic carbocycles. The topological polar surface area (TPSA) is 60.0 Å². The lowest BCUT2D eigenvalue weighted by atomic mass is 10.2. The number of hydrogen-bond donors (Lipinski definition) is 1. The normalized spacial score (nSPS) is 11.1. The first-order valence-electron chi connectivity index (χ1n) is 7.26. The number of methoxy groups -OCH3 is 2. The molecule has 24 heavy (non-hydrogen) atoms. The highest BCUT2D eigenvalue weighted by Gasteiger charge is 2.08. The van der Waals surface area contributed by atoms with Crippen LogP contribution in [0, 0.1) is 0 Å². The fourth-order valence-electron chi connectivity index (χ4n) is 2.08. The molecule has 1 N–H and O–H groups in total. The lowest BCUT2D eigenvalue weighted by Gasteiger charge is -2.09. The number of aromatic amines is 1. The van der Waals surface area contributed by atoms with Crippen LogP contribution in [0.5, 0.6) is 11.5 Å². The number of benzene rings is 1. The summed E-state index contributed by atoms with van der Waals surface area (Å²) in [4.78, 5) is 5.65. The van der Waals surface area contributed by atoms with E-state index in [9.17, 15) is 0 Å². The average molecular weight is 359 g/mol. The van der Waals surface area contributed by atoms with Gasteiger partial charge in [0.1, 0.15) is 17.3 Å². The first-order valence-corrected chi connectivity index (χ1v) is 9.12. The SMILES string of the molecule is COc1ccc(OC)c(CSc2n[nH]c(/C=C/c3cccs3)n2)c1. The van der Waals surface area contributed by atoms with Gasteiger partial charge in [0.25, 0.3) is 0 Å². The molecule has 7 heteroatoms. The Hall–Kier alpha value is -2.25. The van der Waals surface area contributed by atoms with Gasteiger partial charge in [0, 0.05) is 16.2 Å². The molecule has 0 fully saturated rings. The van der Waals surface area contributed by atoms with Gasteiger partial charge in [0.2, 0.25) is 5.16 Å². The van der Waals surface area contributed by atoms with E-state index < -0.39 is 0 Å². The zero-order valence-corrected chi connectivity index (χ0v) is 15.0. The summed E-state index contributed by atoms with van der Waals surface area (Å²) in [5.41, 5.74) is 1.04. The molecule has 2 heterocycles. The van der Waals surface area contributed by atoms with E-state index in [1.54, 1.807) is 37.3 Å². The van der Waals surface area contributed by atoms with Crippen molar-refractivity contribution < 1.29 is 9.47 Å². The molecule has 0 aliphatic rings. The van der Waals surface area contributed by atoms with Crippen LogP contribution >= 0.6 is 23.1 Å². The highest BCUT2D eigenvalue weighted by Crippen LogP contribution is 2.29. The zero-order chi connectivity index (χ0) is 16.8. The van der Waals surface area contributed by atoms with Crippen LogP contribution < -0.4 is 9.47 Å². The molecule has 3 aromatic rings. The summed E-state index contributed by atoms with van der Waals surface area (Å²) in [5.74, 6) is 3.08. The van der Waals surface area contributed by atoms with Crippen molar-refractivity contribution in [2.45, 2.75) is 10.9 Å². The molecule has 5 nitrogen and oxygen atoms in total. The summed E-state index contributed by atoms with van der Waals surface area (Å²) in [5, 5.41) is 9.92. The van der Waals surface area contributed by atoms with Crippen LogP contribution in [-0.4, -0.2) is 29.4 Å². The molecule has 1 aromatic carbocycles. The van der Waals surface area contributed by atoms with Crippen molar-refractivity contribution in [2.24, 2.45) is 0 Å². The number of rotatable bonds is 7. The first-order chi connectivity index (χ1) is 11.8. The maximum Gasteiger partial charge on any atom is 0.209 e. The second-order valence-corrected chi connectivity index (χ2v) is 6.74. The molecule has 0 aliphatic heterocycles. The van der Waals surface area contributed by atoms with Crippen LogP contribution in [0.2, 0.25) is 0 Å². The number of thioether (sulfide) groups is 1. The van der Waals surface area contributed by atoms with Crippen LogP contribution in [0.4, 0.5) is 0 Å². The molecular weight excluding hydrogens is 342 g/mol. The number of thiophene rings is 1. The first kappa shape index (κ1) is 16.6. The Morgan fingerprint density at radius 3 is 2.88 bits per heavy atom. The van der Waals surface area contributed by atoms with E-state index in [1.165, 1.54) is 4.88 Å². The van der Waals surface area contributed by atoms with Gasteiger partial charge in [0.15, 0.2) is 0 Å².